The number of aromatic hydroxyl groups is 1. The number of Topliss-reactive ketones (excluding diaryl/α,β-unsaturated/α-hetero) is 1. The van der Waals surface area contributed by atoms with E-state index in [0.717, 1.165) is 63.6 Å². The number of nitrogens with zero attached hydrogens (tertiary/aromatic N) is 3. The van der Waals surface area contributed by atoms with Crippen LogP contribution in [0.1, 0.15) is 82.0 Å². The van der Waals surface area contributed by atoms with Crippen molar-refractivity contribution in [1.29, 1.82) is 0 Å². The lowest BCUT2D eigenvalue weighted by Crippen LogP contribution is -2.44. The molecule has 1 N–H and O–H groups in total. The largest absolute Gasteiger partial charge is 0.508 e. The maximum Gasteiger partial charge on any atom is 0.139 e. The lowest BCUT2D eigenvalue weighted by Gasteiger charge is -2.50. The van der Waals surface area contributed by atoms with Crippen LogP contribution in [0.2, 0.25) is 0 Å². The van der Waals surface area contributed by atoms with Gasteiger partial charge in [-0.3, -0.25) is 9.48 Å². The maximum atomic E-state index is 13.2. The molecule has 0 amide bonds. The standard InChI is InChI=1S/C27H37N3O2/c1-17(2)13-20-16-30(29-28-20)12-4-5-19-15-25(32)27(3)11-10-23-22-9-7-21(31)14-18(22)6-8-24(23)26(19)27/h7,9,14,16-17,19,23-24,26,31H,4-6,8,10-13,15H2,1-3H3. The normalized spacial score (nSPS) is 31.4. The molecular weight excluding hydrogens is 398 g/mol. The van der Waals surface area contributed by atoms with Gasteiger partial charge in [-0.15, -0.1) is 5.10 Å². The van der Waals surface area contributed by atoms with Gasteiger partial charge >= 0.3 is 0 Å². The number of ketones is 1. The molecule has 3 aliphatic carbocycles. The minimum absolute atomic E-state index is 0.141. The zero-order valence-corrected chi connectivity index (χ0v) is 19.8. The second-order valence-corrected chi connectivity index (χ2v) is 11.3. The molecule has 5 heteroatoms. The minimum atomic E-state index is -0.141. The van der Waals surface area contributed by atoms with Gasteiger partial charge in [0.05, 0.1) is 5.69 Å². The van der Waals surface area contributed by atoms with Gasteiger partial charge in [0.2, 0.25) is 0 Å². The smallest absolute Gasteiger partial charge is 0.139 e. The summed E-state index contributed by atoms with van der Waals surface area (Å²) in [5, 5.41) is 18.6. The zero-order valence-electron chi connectivity index (χ0n) is 19.8. The summed E-state index contributed by atoms with van der Waals surface area (Å²) >= 11 is 0. The maximum absolute atomic E-state index is 13.2. The molecule has 0 spiro atoms. The summed E-state index contributed by atoms with van der Waals surface area (Å²) in [6.07, 6.45) is 10.2. The van der Waals surface area contributed by atoms with Crippen molar-refractivity contribution in [2.45, 2.75) is 84.6 Å². The van der Waals surface area contributed by atoms with E-state index in [1.165, 1.54) is 11.1 Å². The van der Waals surface area contributed by atoms with Gasteiger partial charge in [0, 0.05) is 24.6 Å². The Hall–Kier alpha value is -2.17. The number of rotatable bonds is 6. The van der Waals surface area contributed by atoms with E-state index in [2.05, 4.69) is 43.3 Å². The predicted molar refractivity (Wildman–Crippen MR) is 124 cm³/mol. The number of phenols is 1. The fourth-order valence-electron chi connectivity index (χ4n) is 7.37. The first-order chi connectivity index (χ1) is 15.3. The molecule has 0 aliphatic heterocycles. The molecule has 5 rings (SSSR count). The Morgan fingerprint density at radius 3 is 2.94 bits per heavy atom. The number of fused-ring (bicyclic) bond motifs is 5. The molecule has 1 aromatic carbocycles. The van der Waals surface area contributed by atoms with E-state index < -0.39 is 0 Å². The average molecular weight is 436 g/mol. The van der Waals surface area contributed by atoms with E-state index in [9.17, 15) is 9.90 Å². The molecule has 32 heavy (non-hydrogen) atoms. The Bertz CT molecular complexity index is 997. The quantitative estimate of drug-likeness (QED) is 0.667. The van der Waals surface area contributed by atoms with Gasteiger partial charge in [-0.05, 0) is 97.8 Å². The highest BCUT2D eigenvalue weighted by Crippen LogP contribution is 2.62. The number of phenolic OH excluding ortho intramolecular Hbond substituents is 1. The van der Waals surface area contributed by atoms with Crippen molar-refractivity contribution in [3.8, 4) is 5.75 Å². The van der Waals surface area contributed by atoms with Crippen molar-refractivity contribution in [2.75, 3.05) is 0 Å². The Balaban J connectivity index is 1.29. The van der Waals surface area contributed by atoms with Crippen LogP contribution in [0.25, 0.3) is 0 Å². The van der Waals surface area contributed by atoms with Crippen LogP contribution in [0.5, 0.6) is 5.75 Å². The fourth-order valence-corrected chi connectivity index (χ4v) is 7.37. The lowest BCUT2D eigenvalue weighted by atomic mass is 9.54. The van der Waals surface area contributed by atoms with Crippen LogP contribution in [0, 0.1) is 29.1 Å². The summed E-state index contributed by atoms with van der Waals surface area (Å²) < 4.78 is 1.99. The van der Waals surface area contributed by atoms with E-state index in [-0.39, 0.29) is 5.41 Å². The molecule has 172 valence electrons. The number of aryl methyl sites for hydroxylation is 2. The van der Waals surface area contributed by atoms with Crippen LogP contribution in [0.4, 0.5) is 0 Å². The van der Waals surface area contributed by atoms with Crippen molar-refractivity contribution in [3.05, 3.63) is 41.2 Å². The second kappa shape index (κ2) is 8.31. The summed E-state index contributed by atoms with van der Waals surface area (Å²) in [5.74, 6) is 3.57. The van der Waals surface area contributed by atoms with Gasteiger partial charge in [-0.1, -0.05) is 32.1 Å². The van der Waals surface area contributed by atoms with Crippen molar-refractivity contribution in [3.63, 3.8) is 0 Å². The highest BCUT2D eigenvalue weighted by atomic mass is 16.3. The van der Waals surface area contributed by atoms with E-state index in [1.807, 2.05) is 16.8 Å². The zero-order chi connectivity index (χ0) is 22.5. The summed E-state index contributed by atoms with van der Waals surface area (Å²) in [5.41, 5.74) is 3.68. The van der Waals surface area contributed by atoms with Crippen LogP contribution in [-0.4, -0.2) is 25.9 Å². The number of aromatic nitrogens is 3. The molecule has 5 atom stereocenters. The van der Waals surface area contributed by atoms with Gasteiger partial charge in [0.1, 0.15) is 11.5 Å². The van der Waals surface area contributed by atoms with Crippen LogP contribution in [0.3, 0.4) is 0 Å². The number of hydrogen-bond donors (Lipinski definition) is 1. The first-order valence-corrected chi connectivity index (χ1v) is 12.6. The van der Waals surface area contributed by atoms with Crippen molar-refractivity contribution in [2.24, 2.45) is 29.1 Å². The van der Waals surface area contributed by atoms with Crippen LogP contribution >= 0.6 is 0 Å². The highest BCUT2D eigenvalue weighted by molar-refractivity contribution is 5.87. The molecular formula is C27H37N3O2. The second-order valence-electron chi connectivity index (χ2n) is 11.3. The molecule has 1 aromatic heterocycles. The summed E-state index contributed by atoms with van der Waals surface area (Å²) in [4.78, 5) is 13.2. The number of carbonyl (C=O) groups excluding carboxylic acids is 1. The van der Waals surface area contributed by atoms with Crippen molar-refractivity contribution in [1.82, 2.24) is 15.0 Å². The van der Waals surface area contributed by atoms with Gasteiger partial charge < -0.3 is 5.11 Å². The first kappa shape index (κ1) is 21.7. The van der Waals surface area contributed by atoms with Gasteiger partial charge in [-0.25, -0.2) is 0 Å². The van der Waals surface area contributed by atoms with E-state index in [4.69, 9.17) is 0 Å². The number of hydrogen-bond acceptors (Lipinski definition) is 4. The Morgan fingerprint density at radius 1 is 1.28 bits per heavy atom. The molecule has 2 fully saturated rings. The van der Waals surface area contributed by atoms with Crippen LogP contribution < -0.4 is 0 Å². The first-order valence-electron chi connectivity index (χ1n) is 12.6. The third kappa shape index (κ3) is 3.78. The highest BCUT2D eigenvalue weighted by Gasteiger charge is 2.58. The number of carbonyl (C=O) groups is 1. The number of benzene rings is 1. The summed E-state index contributed by atoms with van der Waals surface area (Å²) in [6.45, 7) is 7.56. The average Bonchev–Trinajstić information content (AvgIpc) is 3.28. The molecule has 5 nitrogen and oxygen atoms in total. The molecule has 0 bridgehead atoms. The molecule has 1 heterocycles. The molecule has 2 saturated carbocycles. The SMILES string of the molecule is CC(C)Cc1cn(CCCC2CC(=O)C3(C)CCC4c5ccc(O)cc5CCC4C23)nn1. The molecule has 5 unspecified atom stereocenters. The van der Waals surface area contributed by atoms with Crippen molar-refractivity contribution >= 4 is 5.78 Å². The Morgan fingerprint density at radius 2 is 2.12 bits per heavy atom. The van der Waals surface area contributed by atoms with E-state index in [1.54, 1.807) is 0 Å². The Labute approximate surface area is 191 Å². The van der Waals surface area contributed by atoms with Crippen molar-refractivity contribution < 1.29 is 9.90 Å². The van der Waals surface area contributed by atoms with E-state index >= 15 is 0 Å². The molecule has 0 radical (unpaired) electrons. The van der Waals surface area contributed by atoms with E-state index in [0.29, 0.717) is 41.1 Å². The molecule has 0 saturated heterocycles. The molecule has 3 aliphatic rings. The summed E-state index contributed by atoms with van der Waals surface area (Å²) in [6, 6.07) is 5.95. The molecule has 2 aromatic rings. The third-order valence-corrected chi connectivity index (χ3v) is 8.72. The fraction of sp³-hybridized carbons (Fsp3) is 0.667. The van der Waals surface area contributed by atoms with Crippen LogP contribution in [-0.2, 0) is 24.2 Å². The van der Waals surface area contributed by atoms with Gasteiger partial charge in [0.15, 0.2) is 0 Å². The van der Waals surface area contributed by atoms with Crippen LogP contribution in [0.15, 0.2) is 24.4 Å². The van der Waals surface area contributed by atoms with Gasteiger partial charge in [0.25, 0.3) is 0 Å². The lowest BCUT2D eigenvalue weighted by molar-refractivity contribution is -0.129. The predicted octanol–water partition coefficient (Wildman–Crippen LogP) is 5.31. The topological polar surface area (TPSA) is 68.0 Å². The summed E-state index contributed by atoms with van der Waals surface area (Å²) in [7, 11) is 0. The minimum Gasteiger partial charge on any atom is -0.508 e. The third-order valence-electron chi connectivity index (χ3n) is 8.72. The monoisotopic (exact) mass is 435 g/mol. The Kier molecular flexibility index (Phi) is 5.63. The van der Waals surface area contributed by atoms with Gasteiger partial charge in [-0.2, -0.15) is 0 Å².